The summed E-state index contributed by atoms with van der Waals surface area (Å²) in [6.45, 7) is 0.349. The Morgan fingerprint density at radius 1 is 1.14 bits per heavy atom. The normalized spacial score (nSPS) is 11.3. The number of hydrogen-bond acceptors (Lipinski definition) is 4. The maximum atomic E-state index is 12.0. The van der Waals surface area contributed by atoms with E-state index in [4.69, 9.17) is 9.84 Å². The van der Waals surface area contributed by atoms with Gasteiger partial charge in [-0.15, -0.1) is 0 Å². The van der Waals surface area contributed by atoms with Crippen molar-refractivity contribution in [2.45, 2.75) is 37.0 Å². The second-order valence-electron chi connectivity index (χ2n) is 4.63. The molecular formula is C14H21NO5S. The van der Waals surface area contributed by atoms with Crippen molar-refractivity contribution in [2.75, 3.05) is 13.7 Å². The first-order chi connectivity index (χ1) is 9.95. The van der Waals surface area contributed by atoms with E-state index in [1.807, 2.05) is 0 Å². The first kappa shape index (κ1) is 17.5. The van der Waals surface area contributed by atoms with Gasteiger partial charge in [-0.25, -0.2) is 13.1 Å². The molecule has 0 aliphatic rings. The molecule has 0 amide bonds. The Morgan fingerprint density at radius 3 is 2.33 bits per heavy atom. The molecule has 0 saturated heterocycles. The van der Waals surface area contributed by atoms with Crippen LogP contribution < -0.4 is 9.46 Å². The Morgan fingerprint density at radius 2 is 1.76 bits per heavy atom. The highest BCUT2D eigenvalue weighted by molar-refractivity contribution is 7.89. The van der Waals surface area contributed by atoms with Crippen molar-refractivity contribution < 1.29 is 23.1 Å². The zero-order valence-electron chi connectivity index (χ0n) is 12.0. The Balaban J connectivity index is 2.31. The zero-order valence-corrected chi connectivity index (χ0v) is 12.9. The molecule has 0 bridgehead atoms. The summed E-state index contributed by atoms with van der Waals surface area (Å²) in [5, 5.41) is 8.49. The Labute approximate surface area is 125 Å². The van der Waals surface area contributed by atoms with Crippen molar-refractivity contribution >= 4 is 16.0 Å². The Hall–Kier alpha value is -1.60. The van der Waals surface area contributed by atoms with E-state index in [0.29, 0.717) is 25.1 Å². The van der Waals surface area contributed by atoms with Gasteiger partial charge in [0.05, 0.1) is 12.0 Å². The molecular weight excluding hydrogens is 294 g/mol. The monoisotopic (exact) mass is 315 g/mol. The number of unbranched alkanes of at least 4 members (excludes halogenated alkanes) is 3. The van der Waals surface area contributed by atoms with Gasteiger partial charge in [0.1, 0.15) is 5.75 Å². The molecule has 0 aliphatic heterocycles. The van der Waals surface area contributed by atoms with Gasteiger partial charge >= 0.3 is 5.97 Å². The van der Waals surface area contributed by atoms with E-state index >= 15 is 0 Å². The van der Waals surface area contributed by atoms with Crippen LogP contribution >= 0.6 is 0 Å². The summed E-state index contributed by atoms with van der Waals surface area (Å²) in [5.74, 6) is -0.192. The van der Waals surface area contributed by atoms with E-state index in [2.05, 4.69) is 4.72 Å². The molecule has 0 unspecified atom stereocenters. The topological polar surface area (TPSA) is 92.7 Å². The minimum atomic E-state index is -3.49. The molecule has 6 nitrogen and oxygen atoms in total. The van der Waals surface area contributed by atoms with E-state index in [1.54, 1.807) is 12.1 Å². The summed E-state index contributed by atoms with van der Waals surface area (Å²) < 4.78 is 31.5. The number of nitrogens with one attached hydrogen (secondary N) is 1. The van der Waals surface area contributed by atoms with Crippen LogP contribution in [0.2, 0.25) is 0 Å². The number of ether oxygens (including phenoxy) is 1. The number of rotatable bonds is 10. The summed E-state index contributed by atoms with van der Waals surface area (Å²) in [5.41, 5.74) is 0. The molecule has 0 saturated carbocycles. The minimum absolute atomic E-state index is 0.164. The molecule has 0 spiro atoms. The van der Waals surface area contributed by atoms with Crippen LogP contribution in [0.15, 0.2) is 29.2 Å². The van der Waals surface area contributed by atoms with Gasteiger partial charge in [-0.1, -0.05) is 12.8 Å². The van der Waals surface area contributed by atoms with Gasteiger partial charge in [-0.3, -0.25) is 4.79 Å². The van der Waals surface area contributed by atoms with E-state index in [1.165, 1.54) is 19.2 Å². The van der Waals surface area contributed by atoms with Crippen LogP contribution in [0.3, 0.4) is 0 Å². The van der Waals surface area contributed by atoms with Crippen LogP contribution in [0.5, 0.6) is 5.75 Å². The molecule has 7 heteroatoms. The molecule has 1 rings (SSSR count). The van der Waals surface area contributed by atoms with Crippen LogP contribution in [0.1, 0.15) is 32.1 Å². The molecule has 0 aromatic heterocycles. The van der Waals surface area contributed by atoms with Gasteiger partial charge in [-0.05, 0) is 37.1 Å². The number of sulfonamides is 1. The average Bonchev–Trinajstić information content (AvgIpc) is 2.46. The van der Waals surface area contributed by atoms with Crippen molar-refractivity contribution in [3.8, 4) is 5.75 Å². The fourth-order valence-corrected chi connectivity index (χ4v) is 2.87. The van der Waals surface area contributed by atoms with Crippen molar-refractivity contribution in [3.63, 3.8) is 0 Å². The second kappa shape index (κ2) is 8.63. The van der Waals surface area contributed by atoms with Crippen molar-refractivity contribution in [1.82, 2.24) is 4.72 Å². The van der Waals surface area contributed by atoms with Crippen LogP contribution in [0.4, 0.5) is 0 Å². The molecule has 2 N–H and O–H groups in total. The predicted octanol–water partition coefficient (Wildman–Crippen LogP) is 2.01. The SMILES string of the molecule is COc1ccc(S(=O)(=O)NCCCCCCC(=O)O)cc1. The number of carboxylic acids is 1. The highest BCUT2D eigenvalue weighted by Crippen LogP contribution is 2.15. The Bertz CT molecular complexity index is 539. The molecule has 0 fully saturated rings. The molecule has 0 radical (unpaired) electrons. The van der Waals surface area contributed by atoms with Crippen molar-refractivity contribution in [2.24, 2.45) is 0 Å². The number of methoxy groups -OCH3 is 1. The molecule has 0 aliphatic carbocycles. The molecule has 21 heavy (non-hydrogen) atoms. The number of aliphatic carboxylic acids is 1. The largest absolute Gasteiger partial charge is 0.497 e. The first-order valence-corrected chi connectivity index (χ1v) is 8.29. The maximum Gasteiger partial charge on any atom is 0.303 e. The average molecular weight is 315 g/mol. The van der Waals surface area contributed by atoms with Crippen molar-refractivity contribution in [1.29, 1.82) is 0 Å². The summed E-state index contributed by atoms with van der Waals surface area (Å²) in [7, 11) is -1.97. The van der Waals surface area contributed by atoms with Crippen LogP contribution in [-0.4, -0.2) is 33.1 Å². The van der Waals surface area contributed by atoms with Gasteiger partial charge in [0.25, 0.3) is 0 Å². The Kier molecular flexibility index (Phi) is 7.18. The smallest absolute Gasteiger partial charge is 0.303 e. The second-order valence-corrected chi connectivity index (χ2v) is 6.40. The third-order valence-electron chi connectivity index (χ3n) is 2.98. The van der Waals surface area contributed by atoms with Crippen LogP contribution in [-0.2, 0) is 14.8 Å². The molecule has 0 atom stereocenters. The lowest BCUT2D eigenvalue weighted by atomic mass is 10.1. The van der Waals surface area contributed by atoms with E-state index in [9.17, 15) is 13.2 Å². The fourth-order valence-electron chi connectivity index (χ4n) is 1.80. The highest BCUT2D eigenvalue weighted by Gasteiger charge is 2.12. The van der Waals surface area contributed by atoms with E-state index < -0.39 is 16.0 Å². The molecule has 1 aromatic carbocycles. The summed E-state index contributed by atoms with van der Waals surface area (Å²) >= 11 is 0. The lowest BCUT2D eigenvalue weighted by Gasteiger charge is -2.07. The summed E-state index contributed by atoms with van der Waals surface area (Å²) in [6, 6.07) is 6.18. The molecule has 118 valence electrons. The number of benzene rings is 1. The van der Waals surface area contributed by atoms with Gasteiger partial charge < -0.3 is 9.84 Å². The fraction of sp³-hybridized carbons (Fsp3) is 0.500. The third kappa shape index (κ3) is 6.59. The molecule has 1 aromatic rings. The summed E-state index contributed by atoms with van der Waals surface area (Å²) in [6.07, 6.45) is 3.07. The lowest BCUT2D eigenvalue weighted by molar-refractivity contribution is -0.137. The molecule has 0 heterocycles. The van der Waals surface area contributed by atoms with E-state index in [0.717, 1.165) is 12.8 Å². The summed E-state index contributed by atoms with van der Waals surface area (Å²) in [4.78, 5) is 10.5. The van der Waals surface area contributed by atoms with Gasteiger partial charge in [-0.2, -0.15) is 0 Å². The predicted molar refractivity (Wildman–Crippen MR) is 78.9 cm³/mol. The van der Waals surface area contributed by atoms with E-state index in [-0.39, 0.29) is 11.3 Å². The van der Waals surface area contributed by atoms with Gasteiger partial charge in [0, 0.05) is 13.0 Å². The standard InChI is InChI=1S/C14H21NO5S/c1-20-12-7-9-13(10-8-12)21(18,19)15-11-5-3-2-4-6-14(16)17/h7-10,15H,2-6,11H2,1H3,(H,16,17). The first-order valence-electron chi connectivity index (χ1n) is 6.81. The van der Waals surface area contributed by atoms with Gasteiger partial charge in [0.15, 0.2) is 0 Å². The number of carbonyl (C=O) groups is 1. The zero-order chi connectivity index (χ0) is 15.7. The lowest BCUT2D eigenvalue weighted by Crippen LogP contribution is -2.24. The van der Waals surface area contributed by atoms with Crippen LogP contribution in [0, 0.1) is 0 Å². The minimum Gasteiger partial charge on any atom is -0.497 e. The van der Waals surface area contributed by atoms with Crippen molar-refractivity contribution in [3.05, 3.63) is 24.3 Å². The number of carboxylic acid groups (broad SMARTS) is 1. The highest BCUT2D eigenvalue weighted by atomic mass is 32.2. The van der Waals surface area contributed by atoms with Gasteiger partial charge in [0.2, 0.25) is 10.0 Å². The maximum absolute atomic E-state index is 12.0. The third-order valence-corrected chi connectivity index (χ3v) is 4.46. The number of hydrogen-bond donors (Lipinski definition) is 2. The van der Waals surface area contributed by atoms with Crippen LogP contribution in [0.25, 0.3) is 0 Å². The quantitative estimate of drug-likeness (QED) is 0.644.